The highest BCUT2D eigenvalue weighted by Gasteiger charge is 2.18. The Morgan fingerprint density at radius 1 is 1.14 bits per heavy atom. The highest BCUT2D eigenvalue weighted by atomic mass is 16.2. The lowest BCUT2D eigenvalue weighted by molar-refractivity contribution is 0.544. The van der Waals surface area contributed by atoms with Gasteiger partial charge in [0.15, 0.2) is 11.2 Å². The molecule has 2 rings (SSSR count). The maximum Gasteiger partial charge on any atom is 0.332 e. The standard InChI is InChI=1S/C15H25N5O2/c1-4-8-11-17-13-12(18(11)3)14(21)20(10-7-6-9-16)15(22)19(13)5-2/h4-10,16H2,1-3H3. The number of nitrogens with two attached hydrogens (primary N) is 1. The average Bonchev–Trinajstić information content (AvgIpc) is 2.81. The third-order valence-corrected chi connectivity index (χ3v) is 3.96. The predicted octanol–water partition coefficient (Wildman–Crippen LogP) is 0.608. The van der Waals surface area contributed by atoms with E-state index < -0.39 is 0 Å². The van der Waals surface area contributed by atoms with Gasteiger partial charge in [-0.25, -0.2) is 9.78 Å². The molecule has 0 aromatic carbocycles. The first kappa shape index (κ1) is 16.5. The van der Waals surface area contributed by atoms with Crippen LogP contribution in [0.15, 0.2) is 9.59 Å². The van der Waals surface area contributed by atoms with Crippen molar-refractivity contribution in [3.8, 4) is 0 Å². The van der Waals surface area contributed by atoms with Crippen LogP contribution in [0.3, 0.4) is 0 Å². The summed E-state index contributed by atoms with van der Waals surface area (Å²) in [6.45, 7) is 5.42. The molecule has 0 amide bonds. The summed E-state index contributed by atoms with van der Waals surface area (Å²) < 4.78 is 4.73. The molecule has 0 saturated heterocycles. The second-order valence-corrected chi connectivity index (χ2v) is 5.49. The fourth-order valence-corrected chi connectivity index (χ4v) is 2.75. The van der Waals surface area contributed by atoms with E-state index in [-0.39, 0.29) is 11.2 Å². The van der Waals surface area contributed by atoms with Gasteiger partial charge in [0.2, 0.25) is 0 Å². The van der Waals surface area contributed by atoms with Crippen LogP contribution in [-0.2, 0) is 26.6 Å². The summed E-state index contributed by atoms with van der Waals surface area (Å²) in [7, 11) is 1.84. The van der Waals surface area contributed by atoms with Gasteiger partial charge in [0.1, 0.15) is 5.82 Å². The second-order valence-electron chi connectivity index (χ2n) is 5.49. The molecule has 0 atom stereocenters. The van der Waals surface area contributed by atoms with Crippen LogP contribution in [0.25, 0.3) is 11.2 Å². The second kappa shape index (κ2) is 6.91. The van der Waals surface area contributed by atoms with Crippen LogP contribution in [0, 0.1) is 0 Å². The Balaban J connectivity index is 2.70. The van der Waals surface area contributed by atoms with Gasteiger partial charge in [-0.2, -0.15) is 0 Å². The number of rotatable bonds is 7. The molecule has 0 radical (unpaired) electrons. The van der Waals surface area contributed by atoms with Crippen molar-refractivity contribution in [2.75, 3.05) is 6.54 Å². The molecule has 0 aliphatic carbocycles. The Labute approximate surface area is 129 Å². The fraction of sp³-hybridized carbons (Fsp3) is 0.667. The summed E-state index contributed by atoms with van der Waals surface area (Å²) >= 11 is 0. The van der Waals surface area contributed by atoms with Gasteiger partial charge in [0.05, 0.1) is 0 Å². The first-order valence-electron chi connectivity index (χ1n) is 7.95. The van der Waals surface area contributed by atoms with Crippen molar-refractivity contribution in [1.29, 1.82) is 0 Å². The molecule has 0 saturated carbocycles. The molecule has 0 unspecified atom stereocenters. The van der Waals surface area contributed by atoms with Crippen molar-refractivity contribution in [3.63, 3.8) is 0 Å². The Morgan fingerprint density at radius 2 is 1.86 bits per heavy atom. The molecule has 2 aromatic rings. The van der Waals surface area contributed by atoms with Gasteiger partial charge in [0.25, 0.3) is 5.56 Å². The quantitative estimate of drug-likeness (QED) is 0.759. The van der Waals surface area contributed by atoms with E-state index in [2.05, 4.69) is 11.9 Å². The van der Waals surface area contributed by atoms with E-state index in [1.54, 1.807) is 4.57 Å². The van der Waals surface area contributed by atoms with Gasteiger partial charge >= 0.3 is 5.69 Å². The number of nitrogens with zero attached hydrogens (tertiary/aromatic N) is 4. The van der Waals surface area contributed by atoms with Gasteiger partial charge in [-0.05, 0) is 32.7 Å². The van der Waals surface area contributed by atoms with Crippen LogP contribution < -0.4 is 17.0 Å². The summed E-state index contributed by atoms with van der Waals surface area (Å²) in [4.78, 5) is 29.8. The smallest absolute Gasteiger partial charge is 0.330 e. The van der Waals surface area contributed by atoms with Crippen molar-refractivity contribution in [2.24, 2.45) is 12.8 Å². The highest BCUT2D eigenvalue weighted by molar-refractivity contribution is 5.71. The van der Waals surface area contributed by atoms with Gasteiger partial charge < -0.3 is 10.3 Å². The molecule has 0 fully saturated rings. The lowest BCUT2D eigenvalue weighted by atomic mass is 10.3. The Kier molecular flexibility index (Phi) is 5.18. The SMILES string of the molecule is CCCc1nc2c(c(=O)n(CCCCN)c(=O)n2CC)n1C. The minimum atomic E-state index is -0.279. The number of fused-ring (bicyclic) bond motifs is 1. The predicted molar refractivity (Wildman–Crippen MR) is 87.2 cm³/mol. The molecule has 7 nitrogen and oxygen atoms in total. The molecule has 0 aliphatic heterocycles. The highest BCUT2D eigenvalue weighted by Crippen LogP contribution is 2.11. The Morgan fingerprint density at radius 3 is 2.45 bits per heavy atom. The minimum absolute atomic E-state index is 0.251. The molecule has 22 heavy (non-hydrogen) atoms. The molecular formula is C15H25N5O2. The maximum absolute atomic E-state index is 12.7. The number of hydrogen-bond acceptors (Lipinski definition) is 4. The molecule has 2 N–H and O–H groups in total. The van der Waals surface area contributed by atoms with Crippen molar-refractivity contribution in [1.82, 2.24) is 18.7 Å². The van der Waals surface area contributed by atoms with Gasteiger partial charge in [-0.3, -0.25) is 13.9 Å². The number of hydrogen-bond donors (Lipinski definition) is 1. The molecule has 2 aromatic heterocycles. The normalized spacial score (nSPS) is 11.5. The molecule has 7 heteroatoms. The molecule has 2 heterocycles. The zero-order valence-corrected chi connectivity index (χ0v) is 13.6. The van der Waals surface area contributed by atoms with E-state index in [0.29, 0.717) is 30.8 Å². The third kappa shape index (κ3) is 2.72. The van der Waals surface area contributed by atoms with Gasteiger partial charge in [0, 0.05) is 26.6 Å². The number of aryl methyl sites for hydroxylation is 3. The minimum Gasteiger partial charge on any atom is -0.330 e. The monoisotopic (exact) mass is 307 g/mol. The average molecular weight is 307 g/mol. The van der Waals surface area contributed by atoms with E-state index in [1.807, 2.05) is 18.5 Å². The van der Waals surface area contributed by atoms with E-state index >= 15 is 0 Å². The lowest BCUT2D eigenvalue weighted by Gasteiger charge is -2.10. The summed E-state index contributed by atoms with van der Waals surface area (Å²) in [5.41, 5.74) is 5.97. The first-order valence-corrected chi connectivity index (χ1v) is 7.95. The van der Waals surface area contributed by atoms with Crippen molar-refractivity contribution >= 4 is 11.2 Å². The lowest BCUT2D eigenvalue weighted by Crippen LogP contribution is -2.40. The molecule has 122 valence electrons. The van der Waals surface area contributed by atoms with Gasteiger partial charge in [-0.1, -0.05) is 6.92 Å². The maximum atomic E-state index is 12.7. The van der Waals surface area contributed by atoms with Crippen LogP contribution >= 0.6 is 0 Å². The van der Waals surface area contributed by atoms with Crippen LogP contribution in [0.1, 0.15) is 38.9 Å². The molecular weight excluding hydrogens is 282 g/mol. The van der Waals surface area contributed by atoms with Crippen LogP contribution in [0.4, 0.5) is 0 Å². The van der Waals surface area contributed by atoms with E-state index in [9.17, 15) is 9.59 Å². The van der Waals surface area contributed by atoms with E-state index in [1.165, 1.54) is 4.57 Å². The van der Waals surface area contributed by atoms with Crippen molar-refractivity contribution in [2.45, 2.75) is 52.6 Å². The Bertz CT molecular complexity index is 769. The van der Waals surface area contributed by atoms with Crippen LogP contribution in [0.2, 0.25) is 0 Å². The van der Waals surface area contributed by atoms with Crippen molar-refractivity contribution < 1.29 is 0 Å². The summed E-state index contributed by atoms with van der Waals surface area (Å²) in [6.07, 6.45) is 3.25. The zero-order valence-electron chi connectivity index (χ0n) is 13.6. The number of unbranched alkanes of at least 4 members (excludes halogenated alkanes) is 1. The third-order valence-electron chi connectivity index (χ3n) is 3.96. The van der Waals surface area contributed by atoms with Crippen molar-refractivity contribution in [3.05, 3.63) is 26.7 Å². The van der Waals surface area contributed by atoms with Gasteiger partial charge in [-0.15, -0.1) is 0 Å². The first-order chi connectivity index (χ1) is 10.6. The largest absolute Gasteiger partial charge is 0.332 e. The van der Waals surface area contributed by atoms with E-state index in [0.717, 1.165) is 31.5 Å². The summed E-state index contributed by atoms with van der Waals surface area (Å²) in [6, 6.07) is 0. The van der Waals surface area contributed by atoms with Crippen LogP contribution in [0.5, 0.6) is 0 Å². The Hall–Kier alpha value is -1.89. The molecule has 0 bridgehead atoms. The molecule has 0 spiro atoms. The number of aromatic nitrogens is 4. The van der Waals surface area contributed by atoms with Crippen LogP contribution in [-0.4, -0.2) is 25.2 Å². The summed E-state index contributed by atoms with van der Waals surface area (Å²) in [5, 5.41) is 0. The number of imidazole rings is 1. The topological polar surface area (TPSA) is 87.8 Å². The fourth-order valence-electron chi connectivity index (χ4n) is 2.75. The summed E-state index contributed by atoms with van der Waals surface area (Å²) in [5.74, 6) is 0.843. The zero-order chi connectivity index (χ0) is 16.3. The van der Waals surface area contributed by atoms with E-state index in [4.69, 9.17) is 5.73 Å². The molecule has 0 aliphatic rings.